The average Bonchev–Trinajstić information content (AvgIpc) is 2.89. The fourth-order valence-electron chi connectivity index (χ4n) is 6.48. The molecule has 3 heteroatoms. The molecule has 0 aromatic heterocycles. The van der Waals surface area contributed by atoms with E-state index < -0.39 is 8.32 Å². The van der Waals surface area contributed by atoms with Crippen LogP contribution in [0, 0.1) is 22.7 Å². The predicted molar refractivity (Wildman–Crippen MR) is 119 cm³/mol. The second-order valence-corrected chi connectivity index (χ2v) is 16.8. The number of carbonyl (C=O) groups excluding carboxylic acids is 1. The van der Waals surface area contributed by atoms with Gasteiger partial charge in [-0.1, -0.05) is 51.0 Å². The van der Waals surface area contributed by atoms with Crippen LogP contribution in [0.5, 0.6) is 0 Å². The zero-order valence-corrected chi connectivity index (χ0v) is 20.2. The van der Waals surface area contributed by atoms with Gasteiger partial charge in [0, 0.05) is 17.9 Å². The Morgan fingerprint density at radius 2 is 1.82 bits per heavy atom. The maximum atomic E-state index is 12.5. The number of hydrogen-bond acceptors (Lipinski definition) is 2. The van der Waals surface area contributed by atoms with Gasteiger partial charge in [-0.15, -0.1) is 0 Å². The Morgan fingerprint density at radius 3 is 2.50 bits per heavy atom. The molecule has 0 amide bonds. The van der Waals surface area contributed by atoms with E-state index in [0.29, 0.717) is 35.6 Å². The molecule has 0 heterocycles. The molecule has 2 saturated carbocycles. The van der Waals surface area contributed by atoms with Gasteiger partial charge in [0.25, 0.3) is 0 Å². The SMILES string of the molecule is CC(C)(C)[Si](C)(C)OC1CC[C@@]2(C)C(=CCC3C4=CCC(=O)[C@@]4(C)CCC32)C1. The molecule has 0 aromatic carbocycles. The molecule has 0 aromatic rings. The van der Waals surface area contributed by atoms with Crippen molar-refractivity contribution in [2.75, 3.05) is 0 Å². The lowest BCUT2D eigenvalue weighted by Gasteiger charge is -2.56. The van der Waals surface area contributed by atoms with Crippen molar-refractivity contribution in [2.45, 2.75) is 104 Å². The summed E-state index contributed by atoms with van der Waals surface area (Å²) in [7, 11) is -1.72. The minimum atomic E-state index is -1.72. The van der Waals surface area contributed by atoms with Crippen LogP contribution in [0.2, 0.25) is 18.1 Å². The maximum absolute atomic E-state index is 12.5. The molecule has 4 rings (SSSR count). The van der Waals surface area contributed by atoms with Crippen LogP contribution in [0.4, 0.5) is 0 Å². The Bertz CT molecular complexity index is 740. The lowest BCUT2D eigenvalue weighted by atomic mass is 9.49. The Morgan fingerprint density at radius 1 is 1.11 bits per heavy atom. The number of allylic oxidation sites excluding steroid dienone is 3. The molecule has 28 heavy (non-hydrogen) atoms. The van der Waals surface area contributed by atoms with Crippen molar-refractivity contribution in [2.24, 2.45) is 22.7 Å². The van der Waals surface area contributed by atoms with Gasteiger partial charge in [-0.05, 0) is 80.8 Å². The van der Waals surface area contributed by atoms with Gasteiger partial charge in [0.15, 0.2) is 8.32 Å². The van der Waals surface area contributed by atoms with Crippen molar-refractivity contribution in [1.82, 2.24) is 0 Å². The molecule has 0 aliphatic heterocycles. The van der Waals surface area contributed by atoms with E-state index in [1.54, 1.807) is 5.57 Å². The fourth-order valence-corrected chi connectivity index (χ4v) is 7.87. The first kappa shape index (κ1) is 20.6. The highest BCUT2D eigenvalue weighted by atomic mass is 28.4. The Hall–Kier alpha value is -0.673. The lowest BCUT2D eigenvalue weighted by Crippen LogP contribution is -2.50. The number of rotatable bonds is 2. The highest BCUT2D eigenvalue weighted by Gasteiger charge is 2.55. The highest BCUT2D eigenvalue weighted by molar-refractivity contribution is 6.74. The second-order valence-electron chi connectivity index (χ2n) is 12.0. The summed E-state index contributed by atoms with van der Waals surface area (Å²) in [6, 6.07) is 0. The number of hydrogen-bond donors (Lipinski definition) is 0. The molecule has 0 saturated heterocycles. The van der Waals surface area contributed by atoms with Crippen LogP contribution >= 0.6 is 0 Å². The first-order chi connectivity index (χ1) is 12.9. The van der Waals surface area contributed by atoms with E-state index in [1.807, 2.05) is 0 Å². The van der Waals surface area contributed by atoms with E-state index >= 15 is 0 Å². The smallest absolute Gasteiger partial charge is 0.192 e. The Kier molecular flexibility index (Phi) is 4.71. The molecule has 4 aliphatic rings. The average molecular weight is 401 g/mol. The van der Waals surface area contributed by atoms with Crippen molar-refractivity contribution in [1.29, 1.82) is 0 Å². The molecule has 0 spiro atoms. The van der Waals surface area contributed by atoms with Gasteiger partial charge >= 0.3 is 0 Å². The largest absolute Gasteiger partial charge is 0.414 e. The molecule has 3 unspecified atom stereocenters. The van der Waals surface area contributed by atoms with Gasteiger partial charge < -0.3 is 4.43 Å². The summed E-state index contributed by atoms with van der Waals surface area (Å²) in [6.45, 7) is 16.5. The summed E-state index contributed by atoms with van der Waals surface area (Å²) in [5.74, 6) is 1.77. The van der Waals surface area contributed by atoms with Gasteiger partial charge in [0.05, 0.1) is 0 Å². The summed E-state index contributed by atoms with van der Waals surface area (Å²) in [5.41, 5.74) is 3.32. The van der Waals surface area contributed by atoms with Crippen LogP contribution in [0.25, 0.3) is 0 Å². The van der Waals surface area contributed by atoms with Crippen LogP contribution in [-0.2, 0) is 9.22 Å². The minimum absolute atomic E-state index is 0.147. The summed E-state index contributed by atoms with van der Waals surface area (Å²) in [6.07, 6.45) is 12.9. The van der Waals surface area contributed by atoms with Crippen molar-refractivity contribution >= 4 is 14.1 Å². The third-order valence-electron chi connectivity index (χ3n) is 9.47. The topological polar surface area (TPSA) is 26.3 Å². The van der Waals surface area contributed by atoms with Crippen molar-refractivity contribution < 1.29 is 9.22 Å². The summed E-state index contributed by atoms with van der Waals surface area (Å²) in [5, 5.41) is 0.273. The molecule has 156 valence electrons. The monoisotopic (exact) mass is 400 g/mol. The van der Waals surface area contributed by atoms with Gasteiger partial charge in [-0.2, -0.15) is 0 Å². The van der Waals surface area contributed by atoms with Crippen LogP contribution in [0.3, 0.4) is 0 Å². The number of ketones is 1. The first-order valence-electron chi connectivity index (χ1n) is 11.5. The first-order valence-corrected chi connectivity index (χ1v) is 14.4. The van der Waals surface area contributed by atoms with Crippen molar-refractivity contribution in [3.8, 4) is 0 Å². The van der Waals surface area contributed by atoms with E-state index in [-0.39, 0.29) is 10.5 Å². The summed E-state index contributed by atoms with van der Waals surface area (Å²) in [4.78, 5) is 12.5. The molecule has 0 N–H and O–H groups in total. The Labute approximate surface area is 173 Å². The molecule has 0 radical (unpaired) electrons. The van der Waals surface area contributed by atoms with Gasteiger partial charge in [-0.3, -0.25) is 4.79 Å². The van der Waals surface area contributed by atoms with Crippen LogP contribution < -0.4 is 0 Å². The highest BCUT2D eigenvalue weighted by Crippen LogP contribution is 2.62. The van der Waals surface area contributed by atoms with Crippen LogP contribution in [-0.4, -0.2) is 20.2 Å². The molecule has 2 nitrogen and oxygen atoms in total. The lowest BCUT2D eigenvalue weighted by molar-refractivity contribution is -0.126. The second kappa shape index (κ2) is 6.41. The minimum Gasteiger partial charge on any atom is -0.414 e. The predicted octanol–water partition coefficient (Wildman–Crippen LogP) is 6.83. The standard InChI is InChI=1S/C25H40O2Si/c1-23(2,3)28(6,7)27-18-12-14-24(4)17(16-18)8-9-19-20-10-11-22(26)25(20,5)15-13-21(19)24/h8,10,18-19,21H,9,11-16H2,1-7H3/t18?,19?,21?,24-,25-/m0/s1. The molecular formula is C25H40O2Si. The van der Waals surface area contributed by atoms with Crippen molar-refractivity contribution in [3.63, 3.8) is 0 Å². The van der Waals surface area contributed by atoms with Gasteiger partial charge in [0.1, 0.15) is 5.78 Å². The van der Waals surface area contributed by atoms with E-state index in [4.69, 9.17) is 4.43 Å². The molecule has 5 atom stereocenters. The van der Waals surface area contributed by atoms with E-state index in [0.717, 1.165) is 19.3 Å². The number of Topliss-reactive ketones (excluding diaryl/α,β-unsaturated/α-hetero) is 1. The quantitative estimate of drug-likeness (QED) is 0.375. The molecular weight excluding hydrogens is 360 g/mol. The summed E-state index contributed by atoms with van der Waals surface area (Å²) < 4.78 is 6.81. The van der Waals surface area contributed by atoms with Gasteiger partial charge in [0.2, 0.25) is 0 Å². The molecule has 0 bridgehead atoms. The van der Waals surface area contributed by atoms with E-state index in [2.05, 4.69) is 59.9 Å². The van der Waals surface area contributed by atoms with E-state index in [9.17, 15) is 4.79 Å². The molecule has 2 fully saturated rings. The fraction of sp³-hybridized carbons (Fsp3) is 0.800. The molecule has 4 aliphatic carbocycles. The third kappa shape index (κ3) is 2.95. The van der Waals surface area contributed by atoms with Gasteiger partial charge in [-0.25, -0.2) is 0 Å². The third-order valence-corrected chi connectivity index (χ3v) is 14.0. The number of carbonyl (C=O) groups is 1. The normalized spacial score (nSPS) is 41.0. The zero-order chi connectivity index (χ0) is 20.5. The van der Waals surface area contributed by atoms with Crippen LogP contribution in [0.1, 0.15) is 79.6 Å². The zero-order valence-electron chi connectivity index (χ0n) is 19.2. The van der Waals surface area contributed by atoms with Crippen LogP contribution in [0.15, 0.2) is 23.3 Å². The summed E-state index contributed by atoms with van der Waals surface area (Å²) >= 11 is 0. The van der Waals surface area contributed by atoms with E-state index in [1.165, 1.54) is 24.8 Å². The van der Waals surface area contributed by atoms with Crippen molar-refractivity contribution in [3.05, 3.63) is 23.3 Å². The number of fused-ring (bicyclic) bond motifs is 5. The Balaban J connectivity index is 1.55. The maximum Gasteiger partial charge on any atom is 0.192 e.